The SMILES string of the molecule is CCC(=O)NC[C@H]1CN(c2cc(F)c3c(c2)CC(=O)N3C)C(=O)O1. The molecule has 8 heteroatoms. The van der Waals surface area contributed by atoms with Gasteiger partial charge in [-0.3, -0.25) is 14.5 Å². The van der Waals surface area contributed by atoms with E-state index in [2.05, 4.69) is 5.32 Å². The number of halogens is 1. The van der Waals surface area contributed by atoms with Crippen molar-refractivity contribution in [2.24, 2.45) is 0 Å². The quantitative estimate of drug-likeness (QED) is 0.897. The van der Waals surface area contributed by atoms with Gasteiger partial charge < -0.3 is 15.0 Å². The highest BCUT2D eigenvalue weighted by atomic mass is 19.1. The smallest absolute Gasteiger partial charge is 0.414 e. The van der Waals surface area contributed by atoms with E-state index >= 15 is 0 Å². The van der Waals surface area contributed by atoms with E-state index in [4.69, 9.17) is 4.74 Å². The molecule has 1 fully saturated rings. The van der Waals surface area contributed by atoms with Crippen LogP contribution in [-0.2, 0) is 20.7 Å². The zero-order valence-corrected chi connectivity index (χ0v) is 13.5. The first kappa shape index (κ1) is 16.2. The number of amides is 3. The fraction of sp³-hybridized carbons (Fsp3) is 0.438. The molecule has 3 amide bonds. The number of cyclic esters (lactones) is 1. The van der Waals surface area contributed by atoms with Gasteiger partial charge in [0.25, 0.3) is 0 Å². The average molecular weight is 335 g/mol. The number of nitrogens with zero attached hydrogens (tertiary/aromatic N) is 2. The fourth-order valence-corrected chi connectivity index (χ4v) is 2.90. The van der Waals surface area contributed by atoms with Gasteiger partial charge in [-0.05, 0) is 17.7 Å². The highest BCUT2D eigenvalue weighted by Crippen LogP contribution is 2.35. The molecule has 0 bridgehead atoms. The van der Waals surface area contributed by atoms with Crippen molar-refractivity contribution in [1.82, 2.24) is 5.32 Å². The maximum absolute atomic E-state index is 14.3. The van der Waals surface area contributed by atoms with Crippen LogP contribution in [0.3, 0.4) is 0 Å². The second-order valence-electron chi connectivity index (χ2n) is 5.84. The molecule has 1 aromatic carbocycles. The van der Waals surface area contributed by atoms with Crippen LogP contribution in [0.4, 0.5) is 20.6 Å². The van der Waals surface area contributed by atoms with E-state index in [0.717, 1.165) is 0 Å². The largest absolute Gasteiger partial charge is 0.442 e. The van der Waals surface area contributed by atoms with Crippen LogP contribution in [0.25, 0.3) is 0 Å². The van der Waals surface area contributed by atoms with Crippen LogP contribution >= 0.6 is 0 Å². The molecule has 0 aromatic heterocycles. The van der Waals surface area contributed by atoms with E-state index in [0.29, 0.717) is 17.7 Å². The molecule has 24 heavy (non-hydrogen) atoms. The number of hydrogen-bond donors (Lipinski definition) is 1. The second kappa shape index (κ2) is 6.10. The number of likely N-dealkylation sites (N-methyl/N-ethyl adjacent to an activating group) is 1. The lowest BCUT2D eigenvalue weighted by Gasteiger charge is -2.16. The Morgan fingerprint density at radius 3 is 2.88 bits per heavy atom. The van der Waals surface area contributed by atoms with Gasteiger partial charge in [0.15, 0.2) is 0 Å². The summed E-state index contributed by atoms with van der Waals surface area (Å²) in [6.45, 7) is 2.16. The molecule has 7 nitrogen and oxygen atoms in total. The summed E-state index contributed by atoms with van der Waals surface area (Å²) in [5.74, 6) is -0.869. The molecule has 0 spiro atoms. The molecule has 0 saturated carbocycles. The Morgan fingerprint density at radius 1 is 1.42 bits per heavy atom. The molecule has 0 unspecified atom stereocenters. The van der Waals surface area contributed by atoms with Gasteiger partial charge in [-0.15, -0.1) is 0 Å². The molecule has 2 aliphatic heterocycles. The first-order valence-electron chi connectivity index (χ1n) is 7.74. The lowest BCUT2D eigenvalue weighted by atomic mass is 10.1. The third-order valence-corrected chi connectivity index (χ3v) is 4.21. The second-order valence-corrected chi connectivity index (χ2v) is 5.84. The van der Waals surface area contributed by atoms with Gasteiger partial charge in [-0.25, -0.2) is 9.18 Å². The Balaban J connectivity index is 1.77. The van der Waals surface area contributed by atoms with Crippen LogP contribution < -0.4 is 15.1 Å². The van der Waals surface area contributed by atoms with Gasteiger partial charge >= 0.3 is 6.09 Å². The zero-order chi connectivity index (χ0) is 17.4. The third kappa shape index (κ3) is 2.79. The van der Waals surface area contributed by atoms with Crippen LogP contribution in [0.5, 0.6) is 0 Å². The molecule has 1 saturated heterocycles. The zero-order valence-electron chi connectivity index (χ0n) is 13.5. The summed E-state index contributed by atoms with van der Waals surface area (Å²) in [7, 11) is 1.52. The number of carbonyl (C=O) groups excluding carboxylic acids is 3. The Labute approximate surface area is 138 Å². The summed E-state index contributed by atoms with van der Waals surface area (Å²) in [6.07, 6.45) is -0.631. The first-order valence-corrected chi connectivity index (χ1v) is 7.74. The molecule has 0 aliphatic carbocycles. The van der Waals surface area contributed by atoms with E-state index in [1.54, 1.807) is 13.0 Å². The maximum Gasteiger partial charge on any atom is 0.414 e. The van der Waals surface area contributed by atoms with Crippen LogP contribution in [0, 0.1) is 5.82 Å². The Bertz CT molecular complexity index is 722. The number of fused-ring (bicyclic) bond motifs is 1. The molecule has 1 N–H and O–H groups in total. The van der Waals surface area contributed by atoms with Crippen molar-refractivity contribution in [2.75, 3.05) is 29.9 Å². The van der Waals surface area contributed by atoms with E-state index in [-0.39, 0.29) is 37.0 Å². The highest BCUT2D eigenvalue weighted by molar-refractivity contribution is 6.02. The van der Waals surface area contributed by atoms with Gasteiger partial charge in [0.1, 0.15) is 11.9 Å². The number of rotatable bonds is 4. The molecule has 2 heterocycles. The highest BCUT2D eigenvalue weighted by Gasteiger charge is 2.35. The van der Waals surface area contributed by atoms with Crippen molar-refractivity contribution in [1.29, 1.82) is 0 Å². The van der Waals surface area contributed by atoms with Crippen molar-refractivity contribution in [3.05, 3.63) is 23.5 Å². The summed E-state index contributed by atoms with van der Waals surface area (Å²) in [4.78, 5) is 37.6. The average Bonchev–Trinajstić information content (AvgIpc) is 3.05. The molecule has 0 radical (unpaired) electrons. The van der Waals surface area contributed by atoms with Crippen molar-refractivity contribution in [2.45, 2.75) is 25.9 Å². The standard InChI is InChI=1S/C16H18FN3O4/c1-3-13(21)18-7-11-8-20(16(23)24-11)10-4-9-5-14(22)19(2)15(9)12(17)6-10/h4,6,11H,3,5,7-8H2,1-2H3,(H,18,21)/t11-/m0/s1. The monoisotopic (exact) mass is 335 g/mol. The molecule has 2 aliphatic rings. The summed E-state index contributed by atoms with van der Waals surface area (Å²) >= 11 is 0. The first-order chi connectivity index (χ1) is 11.4. The summed E-state index contributed by atoms with van der Waals surface area (Å²) in [5.41, 5.74) is 1.15. The third-order valence-electron chi connectivity index (χ3n) is 4.21. The van der Waals surface area contributed by atoms with E-state index < -0.39 is 18.0 Å². The van der Waals surface area contributed by atoms with E-state index in [1.807, 2.05) is 0 Å². The number of carbonyl (C=O) groups is 3. The maximum atomic E-state index is 14.3. The Hall–Kier alpha value is -2.64. The minimum Gasteiger partial charge on any atom is -0.442 e. The van der Waals surface area contributed by atoms with Crippen molar-refractivity contribution in [3.63, 3.8) is 0 Å². The molecule has 3 rings (SSSR count). The lowest BCUT2D eigenvalue weighted by molar-refractivity contribution is -0.121. The van der Waals surface area contributed by atoms with Gasteiger partial charge in [0, 0.05) is 13.5 Å². The number of anilines is 2. The minimum absolute atomic E-state index is 0.107. The minimum atomic E-state index is -0.595. The van der Waals surface area contributed by atoms with Crippen LogP contribution in [0.15, 0.2) is 12.1 Å². The van der Waals surface area contributed by atoms with Crippen LogP contribution in [0.2, 0.25) is 0 Å². The predicted molar refractivity (Wildman–Crippen MR) is 84.4 cm³/mol. The normalized spacial score (nSPS) is 19.5. The Kier molecular flexibility index (Phi) is 4.13. The fourth-order valence-electron chi connectivity index (χ4n) is 2.90. The van der Waals surface area contributed by atoms with Crippen molar-refractivity contribution in [3.8, 4) is 0 Å². The number of ether oxygens (including phenoxy) is 1. The van der Waals surface area contributed by atoms with Gasteiger partial charge in [-0.2, -0.15) is 0 Å². The number of nitrogens with one attached hydrogen (secondary N) is 1. The van der Waals surface area contributed by atoms with Crippen LogP contribution in [-0.4, -0.2) is 44.1 Å². The van der Waals surface area contributed by atoms with Crippen LogP contribution in [0.1, 0.15) is 18.9 Å². The lowest BCUT2D eigenvalue weighted by Crippen LogP contribution is -2.34. The number of hydrogen-bond acceptors (Lipinski definition) is 4. The summed E-state index contributed by atoms with van der Waals surface area (Å²) in [6, 6.07) is 2.86. The Morgan fingerprint density at radius 2 is 2.17 bits per heavy atom. The van der Waals surface area contributed by atoms with Gasteiger partial charge in [0.2, 0.25) is 11.8 Å². The predicted octanol–water partition coefficient (Wildman–Crippen LogP) is 1.20. The topological polar surface area (TPSA) is 79.0 Å². The molecular formula is C16H18FN3O4. The van der Waals surface area contributed by atoms with E-state index in [1.165, 1.54) is 22.9 Å². The van der Waals surface area contributed by atoms with Crippen molar-refractivity contribution < 1.29 is 23.5 Å². The molecule has 1 aromatic rings. The number of benzene rings is 1. The summed E-state index contributed by atoms with van der Waals surface area (Å²) in [5, 5.41) is 2.66. The molecule has 128 valence electrons. The van der Waals surface area contributed by atoms with Crippen molar-refractivity contribution >= 4 is 29.3 Å². The van der Waals surface area contributed by atoms with Gasteiger partial charge in [-0.1, -0.05) is 6.92 Å². The molecular weight excluding hydrogens is 317 g/mol. The van der Waals surface area contributed by atoms with Gasteiger partial charge in [0.05, 0.1) is 30.9 Å². The summed E-state index contributed by atoms with van der Waals surface area (Å²) < 4.78 is 19.5. The van der Waals surface area contributed by atoms with E-state index in [9.17, 15) is 18.8 Å². The molecule has 1 atom stereocenters.